The van der Waals surface area contributed by atoms with E-state index in [4.69, 9.17) is 19.3 Å². The second-order valence-corrected chi connectivity index (χ2v) is 2.51. The van der Waals surface area contributed by atoms with Gasteiger partial charge in [0.05, 0.1) is 27.9 Å². The van der Waals surface area contributed by atoms with E-state index in [0.717, 1.165) is 0 Å². The Kier molecular flexibility index (Phi) is 3.53. The molecule has 0 atom stereocenters. The first-order chi connectivity index (χ1) is 6.76. The highest BCUT2D eigenvalue weighted by Crippen LogP contribution is 2.31. The van der Waals surface area contributed by atoms with Crippen molar-refractivity contribution in [3.8, 4) is 17.4 Å². The van der Waals surface area contributed by atoms with Crippen molar-refractivity contribution in [2.75, 3.05) is 21.3 Å². The molecule has 1 aromatic heterocycles. The molecular formula is C9H13NO4. The molecule has 0 saturated carbocycles. The summed E-state index contributed by atoms with van der Waals surface area (Å²) < 4.78 is 15.0. The van der Waals surface area contributed by atoms with Crippen LogP contribution in [0.3, 0.4) is 0 Å². The molecule has 5 heteroatoms. The van der Waals surface area contributed by atoms with Crippen LogP contribution in [0.2, 0.25) is 0 Å². The summed E-state index contributed by atoms with van der Waals surface area (Å²) in [6, 6.07) is 1.62. The summed E-state index contributed by atoms with van der Waals surface area (Å²) in [7, 11) is 4.50. The molecule has 0 radical (unpaired) electrons. The van der Waals surface area contributed by atoms with Crippen LogP contribution in [0.15, 0.2) is 6.07 Å². The summed E-state index contributed by atoms with van der Waals surface area (Å²) in [5.74, 6) is 1.28. The molecule has 0 unspecified atom stereocenters. The zero-order chi connectivity index (χ0) is 10.6. The third-order valence-electron chi connectivity index (χ3n) is 1.78. The maximum absolute atomic E-state index is 8.99. The Hall–Kier alpha value is -1.49. The summed E-state index contributed by atoms with van der Waals surface area (Å²) in [6.45, 7) is -0.205. The fraction of sp³-hybridized carbons (Fsp3) is 0.444. The van der Waals surface area contributed by atoms with E-state index >= 15 is 0 Å². The van der Waals surface area contributed by atoms with Gasteiger partial charge in [0.25, 0.3) is 5.88 Å². The number of pyridine rings is 1. The maximum Gasteiger partial charge on any atom is 0.257 e. The highest BCUT2D eigenvalue weighted by Gasteiger charge is 2.12. The molecule has 1 rings (SSSR count). The second kappa shape index (κ2) is 4.66. The van der Waals surface area contributed by atoms with E-state index in [1.165, 1.54) is 21.3 Å². The Bertz CT molecular complexity index is 256. The van der Waals surface area contributed by atoms with Gasteiger partial charge in [-0.25, -0.2) is 4.98 Å². The predicted octanol–water partition coefficient (Wildman–Crippen LogP) is 0.600. The molecule has 5 nitrogen and oxygen atoms in total. The Balaban J connectivity index is 3.20. The van der Waals surface area contributed by atoms with E-state index in [-0.39, 0.29) is 6.61 Å². The Morgan fingerprint density at radius 1 is 1.14 bits per heavy atom. The standard InChI is InChI=1S/C9H13NO4/c1-12-7-4-8(13-2)9(14-3)10-6(7)5-11/h4,11H,5H2,1-3H3. The van der Waals surface area contributed by atoms with E-state index in [1.807, 2.05) is 0 Å². The molecule has 1 aromatic rings. The highest BCUT2D eigenvalue weighted by atomic mass is 16.5. The van der Waals surface area contributed by atoms with Crippen molar-refractivity contribution in [3.63, 3.8) is 0 Å². The van der Waals surface area contributed by atoms with Crippen molar-refractivity contribution in [3.05, 3.63) is 11.8 Å². The number of hydrogen-bond donors (Lipinski definition) is 1. The number of nitrogens with zero attached hydrogens (tertiary/aromatic N) is 1. The van der Waals surface area contributed by atoms with E-state index < -0.39 is 0 Å². The molecule has 0 aliphatic heterocycles. The van der Waals surface area contributed by atoms with Gasteiger partial charge in [0.2, 0.25) is 0 Å². The summed E-state index contributed by atoms with van der Waals surface area (Å²) in [5, 5.41) is 8.99. The number of methoxy groups -OCH3 is 3. The summed E-state index contributed by atoms with van der Waals surface area (Å²) in [4.78, 5) is 4.03. The third-order valence-corrected chi connectivity index (χ3v) is 1.78. The minimum atomic E-state index is -0.205. The van der Waals surface area contributed by atoms with Gasteiger partial charge in [0.15, 0.2) is 5.75 Å². The number of aliphatic hydroxyl groups excluding tert-OH is 1. The molecule has 0 bridgehead atoms. The van der Waals surface area contributed by atoms with E-state index in [2.05, 4.69) is 4.98 Å². The summed E-state index contributed by atoms with van der Waals surface area (Å²) in [5.41, 5.74) is 0.421. The van der Waals surface area contributed by atoms with Gasteiger partial charge in [-0.05, 0) is 0 Å². The zero-order valence-corrected chi connectivity index (χ0v) is 8.40. The molecule has 14 heavy (non-hydrogen) atoms. The smallest absolute Gasteiger partial charge is 0.257 e. The van der Waals surface area contributed by atoms with Gasteiger partial charge in [-0.3, -0.25) is 0 Å². The van der Waals surface area contributed by atoms with Gasteiger partial charge in [-0.2, -0.15) is 0 Å². The first-order valence-corrected chi connectivity index (χ1v) is 4.03. The van der Waals surface area contributed by atoms with Gasteiger partial charge in [0.1, 0.15) is 11.4 Å². The topological polar surface area (TPSA) is 60.8 Å². The SMILES string of the molecule is COc1cc(OC)c(OC)nc1CO. The van der Waals surface area contributed by atoms with Crippen LogP contribution in [0.25, 0.3) is 0 Å². The maximum atomic E-state index is 8.99. The lowest BCUT2D eigenvalue weighted by Gasteiger charge is -2.11. The molecule has 0 saturated heterocycles. The predicted molar refractivity (Wildman–Crippen MR) is 49.8 cm³/mol. The largest absolute Gasteiger partial charge is 0.495 e. The van der Waals surface area contributed by atoms with Crippen molar-refractivity contribution < 1.29 is 19.3 Å². The first-order valence-electron chi connectivity index (χ1n) is 4.03. The van der Waals surface area contributed by atoms with Crippen molar-refractivity contribution in [2.45, 2.75) is 6.61 Å². The third kappa shape index (κ3) is 1.88. The van der Waals surface area contributed by atoms with E-state index in [0.29, 0.717) is 23.1 Å². The van der Waals surface area contributed by atoms with Crippen LogP contribution in [0.1, 0.15) is 5.69 Å². The summed E-state index contributed by atoms with van der Waals surface area (Å²) >= 11 is 0. The van der Waals surface area contributed by atoms with Crippen molar-refractivity contribution in [1.29, 1.82) is 0 Å². The molecule has 0 fully saturated rings. The quantitative estimate of drug-likeness (QED) is 0.769. The average molecular weight is 199 g/mol. The van der Waals surface area contributed by atoms with E-state index in [1.54, 1.807) is 6.07 Å². The van der Waals surface area contributed by atoms with Gasteiger partial charge >= 0.3 is 0 Å². The molecule has 0 aromatic carbocycles. The van der Waals surface area contributed by atoms with Crippen molar-refractivity contribution in [1.82, 2.24) is 4.98 Å². The zero-order valence-electron chi connectivity index (χ0n) is 8.40. The minimum absolute atomic E-state index is 0.205. The van der Waals surface area contributed by atoms with Crippen molar-refractivity contribution >= 4 is 0 Å². The van der Waals surface area contributed by atoms with Crippen LogP contribution in [0.4, 0.5) is 0 Å². The first kappa shape index (κ1) is 10.6. The van der Waals surface area contributed by atoms with Crippen LogP contribution in [-0.2, 0) is 6.61 Å². The fourth-order valence-corrected chi connectivity index (χ4v) is 1.08. The highest BCUT2D eigenvalue weighted by molar-refractivity contribution is 5.43. The lowest BCUT2D eigenvalue weighted by Crippen LogP contribution is -2.00. The molecule has 1 heterocycles. The van der Waals surface area contributed by atoms with Crippen LogP contribution in [-0.4, -0.2) is 31.4 Å². The van der Waals surface area contributed by atoms with Gasteiger partial charge in [-0.1, -0.05) is 0 Å². The molecule has 0 aliphatic rings. The van der Waals surface area contributed by atoms with Gasteiger partial charge in [0, 0.05) is 6.07 Å². The molecule has 0 amide bonds. The lowest BCUT2D eigenvalue weighted by atomic mass is 10.3. The number of hydrogen-bond acceptors (Lipinski definition) is 5. The second-order valence-electron chi connectivity index (χ2n) is 2.51. The minimum Gasteiger partial charge on any atom is -0.495 e. The molecule has 0 aliphatic carbocycles. The average Bonchev–Trinajstić information content (AvgIpc) is 2.26. The van der Waals surface area contributed by atoms with Crippen LogP contribution >= 0.6 is 0 Å². The normalized spacial score (nSPS) is 9.71. The Morgan fingerprint density at radius 2 is 1.79 bits per heavy atom. The van der Waals surface area contributed by atoms with Crippen molar-refractivity contribution in [2.24, 2.45) is 0 Å². The molecule has 1 N–H and O–H groups in total. The summed E-state index contributed by atoms with van der Waals surface area (Å²) in [6.07, 6.45) is 0. The number of aromatic nitrogens is 1. The van der Waals surface area contributed by atoms with Crippen LogP contribution in [0.5, 0.6) is 17.4 Å². The van der Waals surface area contributed by atoms with Crippen LogP contribution in [0, 0.1) is 0 Å². The van der Waals surface area contributed by atoms with Gasteiger partial charge < -0.3 is 19.3 Å². The number of aliphatic hydroxyl groups is 1. The monoisotopic (exact) mass is 199 g/mol. The van der Waals surface area contributed by atoms with Gasteiger partial charge in [-0.15, -0.1) is 0 Å². The Morgan fingerprint density at radius 3 is 2.21 bits per heavy atom. The number of rotatable bonds is 4. The lowest BCUT2D eigenvalue weighted by molar-refractivity contribution is 0.262. The molecular weight excluding hydrogens is 186 g/mol. The Labute approximate surface area is 82.2 Å². The number of ether oxygens (including phenoxy) is 3. The van der Waals surface area contributed by atoms with E-state index in [9.17, 15) is 0 Å². The fourth-order valence-electron chi connectivity index (χ4n) is 1.08. The molecule has 0 spiro atoms. The van der Waals surface area contributed by atoms with Crippen LogP contribution < -0.4 is 14.2 Å². The molecule has 78 valence electrons.